The molecule has 1 aromatic carbocycles. The number of ether oxygens (including phenoxy) is 1. The second kappa shape index (κ2) is 8.31. The minimum Gasteiger partial charge on any atom is -0.381 e. The molecule has 0 bridgehead atoms. The Hall–Kier alpha value is -2.05. The molecule has 2 aromatic rings. The molecule has 1 atom stereocenters. The monoisotopic (exact) mass is 370 g/mol. The quantitative estimate of drug-likeness (QED) is 0.827. The summed E-state index contributed by atoms with van der Waals surface area (Å²) >= 11 is 0. The number of benzene rings is 1. The Morgan fingerprint density at radius 1 is 1.11 bits per heavy atom. The molecule has 5 nitrogen and oxygen atoms in total. The van der Waals surface area contributed by atoms with E-state index in [0.717, 1.165) is 81.7 Å². The smallest absolute Gasteiger partial charge is 0.132 e. The summed E-state index contributed by atoms with van der Waals surface area (Å²) in [5, 5.41) is 0. The van der Waals surface area contributed by atoms with E-state index < -0.39 is 0 Å². The molecule has 2 aliphatic rings. The molecule has 0 radical (unpaired) electrons. The van der Waals surface area contributed by atoms with E-state index in [-0.39, 0.29) is 5.82 Å². The number of hydrogen-bond donors (Lipinski definition) is 0. The highest BCUT2D eigenvalue weighted by Crippen LogP contribution is 2.26. The number of nitrogens with zero attached hydrogens (tertiary/aromatic N) is 4. The number of aromatic nitrogens is 2. The van der Waals surface area contributed by atoms with Gasteiger partial charge >= 0.3 is 0 Å². The molecule has 4 rings (SSSR count). The molecule has 0 spiro atoms. The molecule has 27 heavy (non-hydrogen) atoms. The zero-order chi connectivity index (χ0) is 18.6. The molecule has 2 saturated heterocycles. The van der Waals surface area contributed by atoms with Crippen molar-refractivity contribution in [3.8, 4) is 0 Å². The Labute approximate surface area is 160 Å². The van der Waals surface area contributed by atoms with E-state index in [9.17, 15) is 4.39 Å². The number of rotatable bonds is 4. The third-order valence-electron chi connectivity index (χ3n) is 5.42. The molecular weight excluding hydrogens is 343 g/mol. The van der Waals surface area contributed by atoms with Crippen molar-refractivity contribution in [2.45, 2.75) is 32.2 Å². The van der Waals surface area contributed by atoms with Crippen LogP contribution in [-0.2, 0) is 11.3 Å². The standard InChI is InChI=1S/C21H27FN4O/c1-16-23-20(18-7-12-27-15-18)13-21(24-16)26-9-2-8-25(10-11-26)14-17-3-5-19(22)6-4-17/h3-6,13,18H,2,7-12,14-15H2,1H3. The largest absolute Gasteiger partial charge is 0.381 e. The third-order valence-corrected chi connectivity index (χ3v) is 5.42. The lowest BCUT2D eigenvalue weighted by molar-refractivity contribution is 0.193. The topological polar surface area (TPSA) is 41.5 Å². The molecule has 3 heterocycles. The van der Waals surface area contributed by atoms with Crippen molar-refractivity contribution >= 4 is 5.82 Å². The summed E-state index contributed by atoms with van der Waals surface area (Å²) < 4.78 is 18.6. The van der Waals surface area contributed by atoms with Crippen LogP contribution in [0, 0.1) is 12.7 Å². The Kier molecular flexibility index (Phi) is 5.64. The summed E-state index contributed by atoms with van der Waals surface area (Å²) in [4.78, 5) is 14.2. The number of aryl methyl sites for hydroxylation is 1. The highest BCUT2D eigenvalue weighted by atomic mass is 19.1. The van der Waals surface area contributed by atoms with Crippen molar-refractivity contribution in [3.05, 3.63) is 53.2 Å². The average Bonchev–Trinajstić information content (AvgIpc) is 3.10. The van der Waals surface area contributed by atoms with Gasteiger partial charge in [-0.1, -0.05) is 12.1 Å². The maximum Gasteiger partial charge on any atom is 0.132 e. The van der Waals surface area contributed by atoms with Crippen LogP contribution in [-0.4, -0.2) is 54.3 Å². The van der Waals surface area contributed by atoms with Gasteiger partial charge in [0.2, 0.25) is 0 Å². The highest BCUT2D eigenvalue weighted by Gasteiger charge is 2.22. The van der Waals surface area contributed by atoms with Crippen molar-refractivity contribution in [3.63, 3.8) is 0 Å². The lowest BCUT2D eigenvalue weighted by Crippen LogP contribution is -2.31. The molecule has 0 saturated carbocycles. The molecule has 6 heteroatoms. The van der Waals surface area contributed by atoms with Crippen molar-refractivity contribution in [1.82, 2.24) is 14.9 Å². The Balaban J connectivity index is 1.42. The van der Waals surface area contributed by atoms with E-state index in [4.69, 9.17) is 9.72 Å². The van der Waals surface area contributed by atoms with Crippen LogP contribution in [0.1, 0.15) is 35.8 Å². The van der Waals surface area contributed by atoms with Gasteiger partial charge in [-0.2, -0.15) is 0 Å². The Morgan fingerprint density at radius 2 is 1.96 bits per heavy atom. The molecule has 1 unspecified atom stereocenters. The van der Waals surface area contributed by atoms with Gasteiger partial charge < -0.3 is 9.64 Å². The lowest BCUT2D eigenvalue weighted by Gasteiger charge is -2.24. The van der Waals surface area contributed by atoms with Crippen molar-refractivity contribution < 1.29 is 9.13 Å². The van der Waals surface area contributed by atoms with Gasteiger partial charge in [0.25, 0.3) is 0 Å². The molecule has 1 aromatic heterocycles. The second-order valence-electron chi connectivity index (χ2n) is 7.50. The van der Waals surface area contributed by atoms with Crippen LogP contribution >= 0.6 is 0 Å². The first-order valence-corrected chi connectivity index (χ1v) is 9.82. The fourth-order valence-electron chi connectivity index (χ4n) is 3.92. The van der Waals surface area contributed by atoms with Crippen LogP contribution in [0.2, 0.25) is 0 Å². The van der Waals surface area contributed by atoms with E-state index in [1.54, 1.807) is 0 Å². The van der Waals surface area contributed by atoms with Crippen molar-refractivity contribution in [2.75, 3.05) is 44.3 Å². The van der Waals surface area contributed by atoms with Crippen LogP contribution < -0.4 is 4.90 Å². The third kappa shape index (κ3) is 4.62. The normalized spacial score (nSPS) is 21.4. The first-order chi connectivity index (χ1) is 13.2. The SMILES string of the molecule is Cc1nc(C2CCOC2)cc(N2CCCN(Cc3ccc(F)cc3)CC2)n1. The first-order valence-electron chi connectivity index (χ1n) is 9.82. The van der Waals surface area contributed by atoms with Gasteiger partial charge in [0.15, 0.2) is 0 Å². The van der Waals surface area contributed by atoms with Gasteiger partial charge in [0.05, 0.1) is 12.3 Å². The zero-order valence-corrected chi connectivity index (χ0v) is 15.9. The summed E-state index contributed by atoms with van der Waals surface area (Å²) in [6.45, 7) is 8.38. The molecule has 2 fully saturated rings. The lowest BCUT2D eigenvalue weighted by atomic mass is 10.0. The van der Waals surface area contributed by atoms with E-state index in [1.807, 2.05) is 19.1 Å². The number of halogens is 1. The second-order valence-corrected chi connectivity index (χ2v) is 7.50. The fraction of sp³-hybridized carbons (Fsp3) is 0.524. The first kappa shape index (κ1) is 18.3. The highest BCUT2D eigenvalue weighted by molar-refractivity contribution is 5.41. The molecule has 0 N–H and O–H groups in total. The Bertz CT molecular complexity index is 761. The summed E-state index contributed by atoms with van der Waals surface area (Å²) in [7, 11) is 0. The van der Waals surface area contributed by atoms with Gasteiger partial charge in [0.1, 0.15) is 17.5 Å². The van der Waals surface area contributed by atoms with Crippen LogP contribution in [0.15, 0.2) is 30.3 Å². The summed E-state index contributed by atoms with van der Waals surface area (Å²) in [5.41, 5.74) is 2.27. The molecule has 2 aliphatic heterocycles. The van der Waals surface area contributed by atoms with E-state index >= 15 is 0 Å². The minimum absolute atomic E-state index is 0.177. The predicted molar refractivity (Wildman–Crippen MR) is 103 cm³/mol. The van der Waals surface area contributed by atoms with Crippen LogP contribution in [0.25, 0.3) is 0 Å². The summed E-state index contributed by atoms with van der Waals surface area (Å²) in [6, 6.07) is 8.99. The van der Waals surface area contributed by atoms with E-state index in [2.05, 4.69) is 20.9 Å². The minimum atomic E-state index is -0.177. The van der Waals surface area contributed by atoms with E-state index in [1.165, 1.54) is 12.1 Å². The molecule has 144 valence electrons. The summed E-state index contributed by atoms with van der Waals surface area (Å²) in [5.74, 6) is 2.09. The maximum atomic E-state index is 13.1. The van der Waals surface area contributed by atoms with E-state index in [0.29, 0.717) is 5.92 Å². The van der Waals surface area contributed by atoms with Gasteiger partial charge in [0, 0.05) is 51.3 Å². The number of hydrogen-bond acceptors (Lipinski definition) is 5. The van der Waals surface area contributed by atoms with Crippen LogP contribution in [0.3, 0.4) is 0 Å². The van der Waals surface area contributed by atoms with Gasteiger partial charge in [-0.15, -0.1) is 0 Å². The van der Waals surface area contributed by atoms with Crippen molar-refractivity contribution in [2.24, 2.45) is 0 Å². The fourth-order valence-corrected chi connectivity index (χ4v) is 3.92. The van der Waals surface area contributed by atoms with Gasteiger partial charge in [-0.25, -0.2) is 14.4 Å². The van der Waals surface area contributed by atoms with Crippen LogP contribution in [0.4, 0.5) is 10.2 Å². The zero-order valence-electron chi connectivity index (χ0n) is 15.9. The number of anilines is 1. The summed E-state index contributed by atoms with van der Waals surface area (Å²) in [6.07, 6.45) is 2.13. The maximum absolute atomic E-state index is 13.1. The van der Waals surface area contributed by atoms with Crippen molar-refractivity contribution in [1.29, 1.82) is 0 Å². The Morgan fingerprint density at radius 3 is 2.74 bits per heavy atom. The van der Waals surface area contributed by atoms with Crippen LogP contribution in [0.5, 0.6) is 0 Å². The molecule has 0 amide bonds. The molecular formula is C21H27FN4O. The van der Waals surface area contributed by atoms with Gasteiger partial charge in [-0.05, 0) is 37.5 Å². The predicted octanol–water partition coefficient (Wildman–Crippen LogP) is 3.14. The average molecular weight is 370 g/mol. The van der Waals surface area contributed by atoms with Gasteiger partial charge in [-0.3, -0.25) is 4.90 Å². The molecule has 0 aliphatic carbocycles.